The van der Waals surface area contributed by atoms with Gasteiger partial charge >= 0.3 is 0 Å². The minimum absolute atomic E-state index is 0.163. The minimum Gasteiger partial charge on any atom is -0.480 e. The lowest BCUT2D eigenvalue weighted by molar-refractivity contribution is 0.209. The smallest absolute Gasteiger partial charge is 0.237 e. The molecular formula is C14H24N4OS. The number of hydrogen-bond donors (Lipinski definition) is 1. The number of hydrogen-bond acceptors (Lipinski definition) is 6. The highest BCUT2D eigenvalue weighted by Crippen LogP contribution is 2.29. The van der Waals surface area contributed by atoms with E-state index < -0.39 is 0 Å². The lowest BCUT2D eigenvalue weighted by Gasteiger charge is -2.38. The monoisotopic (exact) mass is 296 g/mol. The molecule has 0 saturated carbocycles. The van der Waals surface area contributed by atoms with E-state index in [1.807, 2.05) is 11.8 Å². The van der Waals surface area contributed by atoms with E-state index in [0.29, 0.717) is 11.9 Å². The molecule has 1 aromatic rings. The van der Waals surface area contributed by atoms with Crippen molar-refractivity contribution in [3.8, 4) is 5.88 Å². The van der Waals surface area contributed by atoms with Gasteiger partial charge < -0.3 is 10.1 Å². The van der Waals surface area contributed by atoms with Crippen LogP contribution in [0.4, 0.5) is 0 Å². The van der Waals surface area contributed by atoms with Crippen molar-refractivity contribution in [2.24, 2.45) is 0 Å². The molecule has 2 unspecified atom stereocenters. The lowest BCUT2D eigenvalue weighted by Crippen LogP contribution is -2.48. The Bertz CT molecular complexity index is 418. The van der Waals surface area contributed by atoms with Crippen LogP contribution in [0.2, 0.25) is 0 Å². The van der Waals surface area contributed by atoms with Gasteiger partial charge in [-0.1, -0.05) is 6.92 Å². The first-order valence-electron chi connectivity index (χ1n) is 7.14. The summed E-state index contributed by atoms with van der Waals surface area (Å²) >= 11 is 2.01. The van der Waals surface area contributed by atoms with Crippen LogP contribution in [0.25, 0.3) is 0 Å². The Morgan fingerprint density at radius 2 is 2.30 bits per heavy atom. The van der Waals surface area contributed by atoms with Crippen LogP contribution in [0, 0.1) is 0 Å². The van der Waals surface area contributed by atoms with E-state index >= 15 is 0 Å². The summed E-state index contributed by atoms with van der Waals surface area (Å²) in [6, 6.07) is 0.585. The van der Waals surface area contributed by atoms with Gasteiger partial charge in [0.2, 0.25) is 5.88 Å². The third-order valence-corrected chi connectivity index (χ3v) is 4.67. The van der Waals surface area contributed by atoms with Gasteiger partial charge in [0.1, 0.15) is 5.69 Å². The summed E-state index contributed by atoms with van der Waals surface area (Å²) < 4.78 is 5.39. The van der Waals surface area contributed by atoms with Crippen molar-refractivity contribution in [3.63, 3.8) is 0 Å². The van der Waals surface area contributed by atoms with Crippen molar-refractivity contribution >= 4 is 11.8 Å². The SMILES string of the molecule is CCCNC(c1nccnc1OC)C1CSCCN1C. The normalized spacial score (nSPS) is 21.6. The molecule has 1 N–H and O–H groups in total. The number of nitrogens with one attached hydrogen (secondary N) is 1. The molecule has 20 heavy (non-hydrogen) atoms. The molecule has 112 valence electrons. The van der Waals surface area contributed by atoms with Gasteiger partial charge in [-0.15, -0.1) is 0 Å². The Morgan fingerprint density at radius 1 is 1.50 bits per heavy atom. The van der Waals surface area contributed by atoms with Crippen molar-refractivity contribution in [3.05, 3.63) is 18.1 Å². The Hall–Kier alpha value is -0.850. The molecule has 1 aliphatic rings. The Morgan fingerprint density at radius 3 is 3.00 bits per heavy atom. The largest absolute Gasteiger partial charge is 0.480 e. The summed E-state index contributed by atoms with van der Waals surface area (Å²) in [6.07, 6.45) is 4.52. The van der Waals surface area contributed by atoms with Crippen LogP contribution in [0.1, 0.15) is 25.1 Å². The quantitative estimate of drug-likeness (QED) is 0.860. The van der Waals surface area contributed by atoms with Crippen molar-refractivity contribution in [1.82, 2.24) is 20.2 Å². The molecule has 2 heterocycles. The van der Waals surface area contributed by atoms with Gasteiger partial charge in [-0.3, -0.25) is 9.88 Å². The average molecular weight is 296 g/mol. The standard InChI is InChI=1S/C14H24N4OS/c1-4-5-15-12(11-10-20-9-8-18(11)2)13-14(19-3)17-7-6-16-13/h6-7,11-12,15H,4-5,8-10H2,1-3H3. The number of thioether (sulfide) groups is 1. The van der Waals surface area contributed by atoms with Crippen molar-refractivity contribution in [2.75, 3.05) is 38.8 Å². The Balaban J connectivity index is 2.25. The van der Waals surface area contributed by atoms with Crippen LogP contribution in [-0.2, 0) is 0 Å². The van der Waals surface area contributed by atoms with Gasteiger partial charge in [-0.05, 0) is 20.0 Å². The number of methoxy groups -OCH3 is 1. The zero-order valence-electron chi connectivity index (χ0n) is 12.5. The van der Waals surface area contributed by atoms with Crippen LogP contribution in [0.3, 0.4) is 0 Å². The molecule has 1 aliphatic heterocycles. The first-order valence-corrected chi connectivity index (χ1v) is 8.29. The van der Waals surface area contributed by atoms with Crippen LogP contribution < -0.4 is 10.1 Å². The third kappa shape index (κ3) is 3.62. The maximum Gasteiger partial charge on any atom is 0.237 e. The number of ether oxygens (including phenoxy) is 1. The fourth-order valence-electron chi connectivity index (χ4n) is 2.48. The molecule has 6 heteroatoms. The number of aromatic nitrogens is 2. The van der Waals surface area contributed by atoms with Gasteiger partial charge in [0.25, 0.3) is 0 Å². The second kappa shape index (κ2) is 7.81. The lowest BCUT2D eigenvalue weighted by atomic mass is 10.0. The molecule has 0 spiro atoms. The van der Waals surface area contributed by atoms with E-state index in [1.165, 1.54) is 5.75 Å². The molecule has 0 aliphatic carbocycles. The van der Waals surface area contributed by atoms with Crippen LogP contribution in [0.5, 0.6) is 5.88 Å². The van der Waals surface area contributed by atoms with Gasteiger partial charge in [0.15, 0.2) is 0 Å². The van der Waals surface area contributed by atoms with Crippen LogP contribution in [-0.4, -0.2) is 59.7 Å². The highest BCUT2D eigenvalue weighted by molar-refractivity contribution is 7.99. The highest BCUT2D eigenvalue weighted by atomic mass is 32.2. The molecule has 0 amide bonds. The highest BCUT2D eigenvalue weighted by Gasteiger charge is 2.32. The van der Waals surface area contributed by atoms with Gasteiger partial charge in [-0.2, -0.15) is 11.8 Å². The fourth-order valence-corrected chi connectivity index (χ4v) is 3.75. The second-order valence-corrected chi connectivity index (χ2v) is 6.16. The Labute approximate surface area is 125 Å². The van der Waals surface area contributed by atoms with Crippen LogP contribution in [0.15, 0.2) is 12.4 Å². The zero-order chi connectivity index (χ0) is 14.4. The third-order valence-electron chi connectivity index (χ3n) is 3.62. The molecule has 0 bridgehead atoms. The summed E-state index contributed by atoms with van der Waals surface area (Å²) in [6.45, 7) is 4.26. The summed E-state index contributed by atoms with van der Waals surface area (Å²) in [4.78, 5) is 11.2. The first kappa shape index (κ1) is 15.5. The molecule has 2 atom stereocenters. The molecule has 0 radical (unpaired) electrons. The number of likely N-dealkylation sites (N-methyl/N-ethyl adjacent to an activating group) is 1. The van der Waals surface area contributed by atoms with Crippen LogP contribution >= 0.6 is 11.8 Å². The topological polar surface area (TPSA) is 50.3 Å². The Kier molecular flexibility index (Phi) is 6.06. The second-order valence-electron chi connectivity index (χ2n) is 5.01. The van der Waals surface area contributed by atoms with E-state index in [4.69, 9.17) is 4.74 Å². The van der Waals surface area contributed by atoms with E-state index in [2.05, 4.69) is 34.2 Å². The fraction of sp³-hybridized carbons (Fsp3) is 0.714. The summed E-state index contributed by atoms with van der Waals surface area (Å²) in [5.41, 5.74) is 0.919. The zero-order valence-corrected chi connectivity index (χ0v) is 13.3. The van der Waals surface area contributed by atoms with Gasteiger partial charge in [0.05, 0.1) is 13.2 Å². The maximum absolute atomic E-state index is 5.39. The van der Waals surface area contributed by atoms with E-state index in [1.54, 1.807) is 19.5 Å². The molecule has 2 rings (SSSR count). The van der Waals surface area contributed by atoms with Crippen molar-refractivity contribution < 1.29 is 4.74 Å². The van der Waals surface area contributed by atoms with Crippen molar-refractivity contribution in [2.45, 2.75) is 25.4 Å². The minimum atomic E-state index is 0.163. The van der Waals surface area contributed by atoms with Crippen molar-refractivity contribution in [1.29, 1.82) is 0 Å². The molecular weight excluding hydrogens is 272 g/mol. The van der Waals surface area contributed by atoms with Gasteiger partial charge in [0, 0.05) is 36.5 Å². The average Bonchev–Trinajstić information content (AvgIpc) is 2.49. The molecule has 1 aromatic heterocycles. The maximum atomic E-state index is 5.39. The number of nitrogens with zero attached hydrogens (tertiary/aromatic N) is 3. The molecule has 1 saturated heterocycles. The van der Waals surface area contributed by atoms with E-state index in [9.17, 15) is 0 Å². The van der Waals surface area contributed by atoms with E-state index in [0.717, 1.165) is 31.0 Å². The predicted molar refractivity (Wildman–Crippen MR) is 83.4 cm³/mol. The summed E-state index contributed by atoms with van der Waals surface area (Å²) in [5, 5.41) is 3.62. The predicted octanol–water partition coefficient (Wildman–Crippen LogP) is 1.57. The first-order chi connectivity index (χ1) is 9.77. The van der Waals surface area contributed by atoms with Gasteiger partial charge in [-0.25, -0.2) is 4.98 Å². The molecule has 1 fully saturated rings. The molecule has 0 aromatic carbocycles. The van der Waals surface area contributed by atoms with E-state index in [-0.39, 0.29) is 6.04 Å². The summed E-state index contributed by atoms with van der Waals surface area (Å²) in [7, 11) is 3.84. The summed E-state index contributed by atoms with van der Waals surface area (Å²) in [5.74, 6) is 2.94. The molecule has 5 nitrogen and oxygen atoms in total. The number of rotatable bonds is 6.